The van der Waals surface area contributed by atoms with Gasteiger partial charge in [0.25, 0.3) is 10.0 Å². The molecular formula is C26H22F3N3O4S. The van der Waals surface area contributed by atoms with Crippen molar-refractivity contribution in [1.82, 2.24) is 4.98 Å². The minimum Gasteiger partial charge on any atom is -0.490 e. The number of nitrogens with one attached hydrogen (secondary N) is 1. The van der Waals surface area contributed by atoms with Crippen molar-refractivity contribution in [3.63, 3.8) is 0 Å². The molecule has 1 aromatic heterocycles. The summed E-state index contributed by atoms with van der Waals surface area (Å²) in [5, 5.41) is 0.585. The van der Waals surface area contributed by atoms with E-state index in [-0.39, 0.29) is 18.2 Å². The lowest BCUT2D eigenvalue weighted by Gasteiger charge is -2.28. The lowest BCUT2D eigenvalue weighted by atomic mass is 10.1. The number of rotatable bonds is 6. The van der Waals surface area contributed by atoms with Crippen molar-refractivity contribution in [2.24, 2.45) is 0 Å². The molecular weight excluding hydrogens is 507 g/mol. The molecule has 11 heteroatoms. The Labute approximate surface area is 211 Å². The monoisotopic (exact) mass is 529 g/mol. The molecule has 37 heavy (non-hydrogen) atoms. The van der Waals surface area contributed by atoms with Gasteiger partial charge in [-0.2, -0.15) is 13.2 Å². The van der Waals surface area contributed by atoms with Gasteiger partial charge in [-0.25, -0.2) is 13.4 Å². The van der Waals surface area contributed by atoms with E-state index >= 15 is 0 Å². The van der Waals surface area contributed by atoms with Gasteiger partial charge in [0.2, 0.25) is 5.88 Å². The number of alkyl halides is 3. The molecule has 3 aromatic carbocycles. The van der Waals surface area contributed by atoms with E-state index < -0.39 is 26.7 Å². The fraction of sp³-hybridized carbons (Fsp3) is 0.192. The number of fused-ring (bicyclic) bond motifs is 2. The third kappa shape index (κ3) is 5.12. The first kappa shape index (κ1) is 24.7. The summed E-state index contributed by atoms with van der Waals surface area (Å²) in [4.78, 5) is 5.61. The van der Waals surface area contributed by atoms with Gasteiger partial charge in [-0.15, -0.1) is 0 Å². The van der Waals surface area contributed by atoms with Crippen molar-refractivity contribution in [2.45, 2.75) is 17.7 Å². The Hall–Kier alpha value is -3.99. The predicted octanol–water partition coefficient (Wildman–Crippen LogP) is 5.46. The first-order valence-electron chi connectivity index (χ1n) is 11.3. The Kier molecular flexibility index (Phi) is 6.32. The van der Waals surface area contributed by atoms with Crippen LogP contribution in [0.1, 0.15) is 11.1 Å². The third-order valence-electron chi connectivity index (χ3n) is 5.91. The fourth-order valence-electron chi connectivity index (χ4n) is 4.06. The highest BCUT2D eigenvalue weighted by Gasteiger charge is 2.37. The van der Waals surface area contributed by atoms with Crippen molar-refractivity contribution in [2.75, 3.05) is 29.8 Å². The van der Waals surface area contributed by atoms with Crippen molar-refractivity contribution in [3.8, 4) is 11.6 Å². The molecule has 7 nitrogen and oxygen atoms in total. The molecule has 0 spiro atoms. The molecule has 4 aromatic rings. The summed E-state index contributed by atoms with van der Waals surface area (Å²) < 4.78 is 80.6. The van der Waals surface area contributed by atoms with Crippen molar-refractivity contribution in [1.29, 1.82) is 0 Å². The summed E-state index contributed by atoms with van der Waals surface area (Å²) in [5.74, 6) is 0.633. The van der Waals surface area contributed by atoms with E-state index in [1.807, 2.05) is 25.2 Å². The van der Waals surface area contributed by atoms with E-state index in [4.69, 9.17) is 9.47 Å². The largest absolute Gasteiger partial charge is 0.490 e. The third-order valence-corrected chi connectivity index (χ3v) is 7.33. The smallest absolute Gasteiger partial charge is 0.417 e. The van der Waals surface area contributed by atoms with Crippen LogP contribution in [0, 0.1) is 0 Å². The van der Waals surface area contributed by atoms with Crippen molar-refractivity contribution in [3.05, 3.63) is 83.9 Å². The van der Waals surface area contributed by atoms with Gasteiger partial charge in [-0.3, -0.25) is 4.72 Å². The molecule has 0 atom stereocenters. The van der Waals surface area contributed by atoms with Crippen molar-refractivity contribution < 1.29 is 31.1 Å². The number of nitrogens with zero attached hydrogens (tertiary/aromatic N) is 2. The maximum Gasteiger partial charge on any atom is 0.417 e. The van der Waals surface area contributed by atoms with Crippen LogP contribution < -0.4 is 19.1 Å². The summed E-state index contributed by atoms with van der Waals surface area (Å²) in [6.07, 6.45) is -4.85. The Bertz CT molecular complexity index is 1580. The van der Waals surface area contributed by atoms with Crippen LogP contribution >= 0.6 is 0 Å². The molecule has 0 unspecified atom stereocenters. The fourth-order valence-corrected chi connectivity index (χ4v) is 5.34. The van der Waals surface area contributed by atoms with Crippen LogP contribution in [0.3, 0.4) is 0 Å². The standard InChI is InChI=1S/C26H22F3N3O4S/c1-32-12-13-35-23-14-17(10-11-22(23)32)16-36-25-21(15-18-6-2-4-8-20(18)30-25)31-37(33,34)24-9-5-3-7-19(24)26(27,28)29/h2-11,14-15,31H,12-13,16H2,1H3. The van der Waals surface area contributed by atoms with Gasteiger partial charge in [-0.1, -0.05) is 36.4 Å². The molecule has 0 fully saturated rings. The number of anilines is 2. The average molecular weight is 530 g/mol. The number of pyridine rings is 1. The van der Waals surface area contributed by atoms with E-state index in [9.17, 15) is 21.6 Å². The maximum absolute atomic E-state index is 13.5. The molecule has 0 bridgehead atoms. The Morgan fingerprint density at radius 3 is 2.62 bits per heavy atom. The number of para-hydroxylation sites is 1. The first-order chi connectivity index (χ1) is 17.6. The van der Waals surface area contributed by atoms with Crippen LogP contribution in [0.4, 0.5) is 24.5 Å². The number of hydrogen-bond donors (Lipinski definition) is 1. The molecule has 0 saturated heterocycles. The highest BCUT2D eigenvalue weighted by Crippen LogP contribution is 2.37. The lowest BCUT2D eigenvalue weighted by molar-refractivity contribution is -0.139. The van der Waals surface area contributed by atoms with Gasteiger partial charge in [0.05, 0.1) is 28.2 Å². The summed E-state index contributed by atoms with van der Waals surface area (Å²) in [6, 6.07) is 18.0. The first-order valence-corrected chi connectivity index (χ1v) is 12.8. The second-order valence-corrected chi connectivity index (χ2v) is 10.1. The van der Waals surface area contributed by atoms with Gasteiger partial charge in [0.1, 0.15) is 24.7 Å². The molecule has 2 heterocycles. The van der Waals surface area contributed by atoms with Gasteiger partial charge in [0, 0.05) is 12.4 Å². The van der Waals surface area contributed by atoms with Gasteiger partial charge < -0.3 is 14.4 Å². The number of halogens is 3. The van der Waals surface area contributed by atoms with Crippen LogP contribution in [0.2, 0.25) is 0 Å². The van der Waals surface area contributed by atoms with Gasteiger partial charge >= 0.3 is 6.18 Å². The molecule has 0 aliphatic carbocycles. The van der Waals surface area contributed by atoms with E-state index in [2.05, 4.69) is 14.6 Å². The number of benzene rings is 3. The zero-order valence-corrected chi connectivity index (χ0v) is 20.4. The number of hydrogen-bond acceptors (Lipinski definition) is 6. The highest BCUT2D eigenvalue weighted by molar-refractivity contribution is 7.92. The molecule has 1 N–H and O–H groups in total. The van der Waals surface area contributed by atoms with E-state index in [0.717, 1.165) is 36.0 Å². The van der Waals surface area contributed by atoms with Gasteiger partial charge in [0.15, 0.2) is 0 Å². The average Bonchev–Trinajstić information content (AvgIpc) is 2.87. The number of aromatic nitrogens is 1. The number of likely N-dealkylation sites (N-methyl/N-ethyl adjacent to an activating group) is 1. The topological polar surface area (TPSA) is 80.8 Å². The Morgan fingerprint density at radius 1 is 1.05 bits per heavy atom. The molecule has 5 rings (SSSR count). The molecule has 0 saturated carbocycles. The van der Waals surface area contributed by atoms with E-state index in [1.165, 1.54) is 12.1 Å². The minimum atomic E-state index is -4.85. The molecule has 0 amide bonds. The summed E-state index contributed by atoms with van der Waals surface area (Å²) in [7, 11) is -2.67. The van der Waals surface area contributed by atoms with Crippen LogP contribution in [-0.4, -0.2) is 33.6 Å². The summed E-state index contributed by atoms with van der Waals surface area (Å²) >= 11 is 0. The number of ether oxygens (including phenoxy) is 2. The summed E-state index contributed by atoms with van der Waals surface area (Å²) in [6.45, 7) is 1.34. The molecule has 1 aliphatic heterocycles. The predicted molar refractivity (Wildman–Crippen MR) is 134 cm³/mol. The Morgan fingerprint density at radius 2 is 1.81 bits per heavy atom. The SMILES string of the molecule is CN1CCOc2cc(COc3nc4ccccc4cc3NS(=O)(=O)c3ccccc3C(F)(F)F)ccc21. The highest BCUT2D eigenvalue weighted by atomic mass is 32.2. The quantitative estimate of drug-likeness (QED) is 0.357. The lowest BCUT2D eigenvalue weighted by Crippen LogP contribution is -2.28. The summed E-state index contributed by atoms with van der Waals surface area (Å²) in [5.41, 5.74) is 0.879. The molecule has 1 aliphatic rings. The van der Waals surface area contributed by atoms with E-state index in [0.29, 0.717) is 23.3 Å². The second kappa shape index (κ2) is 9.47. The van der Waals surface area contributed by atoms with Gasteiger partial charge in [-0.05, 0) is 42.0 Å². The molecule has 192 valence electrons. The van der Waals surface area contributed by atoms with Crippen molar-refractivity contribution >= 4 is 32.3 Å². The zero-order chi connectivity index (χ0) is 26.2. The molecule has 0 radical (unpaired) electrons. The second-order valence-electron chi connectivity index (χ2n) is 8.49. The number of sulfonamides is 1. The normalized spacial score (nSPS) is 13.7. The van der Waals surface area contributed by atoms with Crippen LogP contribution in [-0.2, 0) is 22.8 Å². The van der Waals surface area contributed by atoms with Crippen LogP contribution in [0.15, 0.2) is 77.7 Å². The minimum absolute atomic E-state index is 0.0273. The van der Waals surface area contributed by atoms with E-state index in [1.54, 1.807) is 24.3 Å². The van der Waals surface area contributed by atoms with Crippen LogP contribution in [0.5, 0.6) is 11.6 Å². The maximum atomic E-state index is 13.5. The Balaban J connectivity index is 1.49. The zero-order valence-electron chi connectivity index (χ0n) is 19.6. The van der Waals surface area contributed by atoms with Crippen LogP contribution in [0.25, 0.3) is 10.9 Å².